The molecule has 1 unspecified atom stereocenters. The van der Waals surface area contributed by atoms with Crippen LogP contribution < -0.4 is 10.6 Å². The average molecular weight is 268 g/mol. The Kier molecular flexibility index (Phi) is 5.84. The van der Waals surface area contributed by atoms with Gasteiger partial charge in [-0.25, -0.2) is 4.79 Å². The van der Waals surface area contributed by atoms with E-state index in [4.69, 9.17) is 5.11 Å². The minimum absolute atomic E-state index is 0.0653. The number of hydrogen-bond acceptors (Lipinski definition) is 3. The molecule has 106 valence electrons. The maximum atomic E-state index is 11.5. The first-order chi connectivity index (χ1) is 9.01. The van der Waals surface area contributed by atoms with Crippen LogP contribution in [0.5, 0.6) is 0 Å². The Morgan fingerprint density at radius 2 is 2.26 bits per heavy atom. The van der Waals surface area contributed by atoms with Gasteiger partial charge < -0.3 is 15.7 Å². The maximum absolute atomic E-state index is 11.5. The molecule has 1 atom stereocenters. The van der Waals surface area contributed by atoms with E-state index in [9.17, 15) is 9.59 Å². The number of nitrogens with zero attached hydrogens (tertiary/aromatic N) is 2. The summed E-state index contributed by atoms with van der Waals surface area (Å²) in [6.45, 7) is 2.30. The van der Waals surface area contributed by atoms with E-state index < -0.39 is 5.97 Å². The first-order valence-corrected chi connectivity index (χ1v) is 6.26. The Balaban J connectivity index is 2.25. The largest absolute Gasteiger partial charge is 0.481 e. The standard InChI is InChI=1S/C12H20N4O3/c1-3-9(8-11(17)18)14-12(19)13-6-4-10-5-7-16(2)15-10/h5,7,9H,3-4,6,8H2,1-2H3,(H,17,18)(H2,13,14,19). The second kappa shape index (κ2) is 7.40. The molecule has 0 saturated carbocycles. The van der Waals surface area contributed by atoms with E-state index >= 15 is 0 Å². The summed E-state index contributed by atoms with van der Waals surface area (Å²) in [5.74, 6) is -0.916. The molecule has 1 heterocycles. The van der Waals surface area contributed by atoms with E-state index in [1.54, 1.807) is 4.68 Å². The van der Waals surface area contributed by atoms with Crippen LogP contribution in [0.4, 0.5) is 4.79 Å². The number of aliphatic carboxylic acids is 1. The van der Waals surface area contributed by atoms with Gasteiger partial charge in [0.25, 0.3) is 0 Å². The Hall–Kier alpha value is -2.05. The van der Waals surface area contributed by atoms with E-state index in [1.165, 1.54) is 0 Å². The summed E-state index contributed by atoms with van der Waals surface area (Å²) in [5, 5.41) is 18.2. The molecule has 19 heavy (non-hydrogen) atoms. The number of carboxylic acids is 1. The molecule has 1 aromatic heterocycles. The van der Waals surface area contributed by atoms with Crippen molar-refractivity contribution < 1.29 is 14.7 Å². The number of amides is 2. The average Bonchev–Trinajstić information content (AvgIpc) is 2.73. The van der Waals surface area contributed by atoms with Crippen molar-refractivity contribution in [1.82, 2.24) is 20.4 Å². The summed E-state index contributed by atoms with van der Waals surface area (Å²) in [4.78, 5) is 22.1. The van der Waals surface area contributed by atoms with Gasteiger partial charge in [0.2, 0.25) is 0 Å². The minimum Gasteiger partial charge on any atom is -0.481 e. The van der Waals surface area contributed by atoms with E-state index in [1.807, 2.05) is 26.2 Å². The van der Waals surface area contributed by atoms with Gasteiger partial charge in [-0.3, -0.25) is 9.48 Å². The van der Waals surface area contributed by atoms with Crippen molar-refractivity contribution in [3.05, 3.63) is 18.0 Å². The molecular weight excluding hydrogens is 248 g/mol. The highest BCUT2D eigenvalue weighted by Crippen LogP contribution is 1.97. The molecule has 0 aliphatic heterocycles. The molecule has 1 aromatic rings. The zero-order valence-electron chi connectivity index (χ0n) is 11.2. The fraction of sp³-hybridized carbons (Fsp3) is 0.583. The summed E-state index contributed by atoms with van der Waals surface area (Å²) >= 11 is 0. The molecule has 0 aliphatic carbocycles. The summed E-state index contributed by atoms with van der Waals surface area (Å²) in [7, 11) is 1.83. The molecule has 0 bridgehead atoms. The van der Waals surface area contributed by atoms with Gasteiger partial charge in [-0.1, -0.05) is 6.92 Å². The molecular formula is C12H20N4O3. The summed E-state index contributed by atoms with van der Waals surface area (Å²) in [6, 6.07) is 1.20. The van der Waals surface area contributed by atoms with Crippen molar-refractivity contribution in [2.24, 2.45) is 7.05 Å². The van der Waals surface area contributed by atoms with Crippen molar-refractivity contribution in [3.8, 4) is 0 Å². The number of hydrogen-bond donors (Lipinski definition) is 3. The van der Waals surface area contributed by atoms with Gasteiger partial charge in [-0.15, -0.1) is 0 Å². The first kappa shape index (κ1) is 15.0. The molecule has 0 aromatic carbocycles. The van der Waals surface area contributed by atoms with Crippen LogP contribution in [0.2, 0.25) is 0 Å². The molecule has 0 radical (unpaired) electrons. The smallest absolute Gasteiger partial charge is 0.315 e. The van der Waals surface area contributed by atoms with Crippen molar-refractivity contribution in [3.63, 3.8) is 0 Å². The van der Waals surface area contributed by atoms with Crippen LogP contribution in [0, 0.1) is 0 Å². The second-order valence-corrected chi connectivity index (χ2v) is 4.33. The van der Waals surface area contributed by atoms with Gasteiger partial charge in [0.05, 0.1) is 12.1 Å². The monoisotopic (exact) mass is 268 g/mol. The molecule has 0 saturated heterocycles. The van der Waals surface area contributed by atoms with Crippen molar-refractivity contribution >= 4 is 12.0 Å². The molecule has 1 rings (SSSR count). The lowest BCUT2D eigenvalue weighted by Crippen LogP contribution is -2.43. The Labute approximate surface area is 112 Å². The first-order valence-electron chi connectivity index (χ1n) is 6.26. The number of aromatic nitrogens is 2. The van der Waals surface area contributed by atoms with E-state index in [2.05, 4.69) is 15.7 Å². The number of urea groups is 1. The quantitative estimate of drug-likeness (QED) is 0.671. The number of carbonyl (C=O) groups excluding carboxylic acids is 1. The van der Waals surface area contributed by atoms with Crippen molar-refractivity contribution in [2.75, 3.05) is 6.54 Å². The van der Waals surface area contributed by atoms with E-state index in [-0.39, 0.29) is 18.5 Å². The number of rotatable bonds is 7. The predicted molar refractivity (Wildman–Crippen MR) is 69.8 cm³/mol. The Morgan fingerprint density at radius 3 is 2.79 bits per heavy atom. The van der Waals surface area contributed by atoms with Gasteiger partial charge in [-0.2, -0.15) is 5.10 Å². The molecule has 2 amide bonds. The van der Waals surface area contributed by atoms with Crippen LogP contribution in [0.1, 0.15) is 25.5 Å². The third kappa shape index (κ3) is 5.89. The minimum atomic E-state index is -0.916. The molecule has 0 aliphatic rings. The number of carbonyl (C=O) groups is 2. The zero-order valence-corrected chi connectivity index (χ0v) is 11.2. The lowest BCUT2D eigenvalue weighted by molar-refractivity contribution is -0.137. The van der Waals surface area contributed by atoms with E-state index in [0.29, 0.717) is 19.4 Å². The van der Waals surface area contributed by atoms with Crippen LogP contribution in [0.25, 0.3) is 0 Å². The van der Waals surface area contributed by atoms with Crippen LogP contribution in [0.3, 0.4) is 0 Å². The lowest BCUT2D eigenvalue weighted by atomic mass is 10.1. The molecule has 7 nitrogen and oxygen atoms in total. The highest BCUT2D eigenvalue weighted by molar-refractivity contribution is 5.75. The van der Waals surface area contributed by atoms with Crippen LogP contribution in [-0.2, 0) is 18.3 Å². The third-order valence-electron chi connectivity index (χ3n) is 2.68. The fourth-order valence-electron chi connectivity index (χ4n) is 1.65. The molecule has 0 fully saturated rings. The van der Waals surface area contributed by atoms with Crippen LogP contribution in [0.15, 0.2) is 12.3 Å². The van der Waals surface area contributed by atoms with Gasteiger partial charge >= 0.3 is 12.0 Å². The van der Waals surface area contributed by atoms with Gasteiger partial charge in [-0.05, 0) is 12.5 Å². The molecule has 0 spiro atoms. The number of nitrogens with one attached hydrogen (secondary N) is 2. The Bertz CT molecular complexity index is 430. The van der Waals surface area contributed by atoms with E-state index in [0.717, 1.165) is 5.69 Å². The van der Waals surface area contributed by atoms with Crippen molar-refractivity contribution in [1.29, 1.82) is 0 Å². The topological polar surface area (TPSA) is 96.3 Å². The lowest BCUT2D eigenvalue weighted by Gasteiger charge is -2.15. The fourth-order valence-corrected chi connectivity index (χ4v) is 1.65. The Morgan fingerprint density at radius 1 is 1.53 bits per heavy atom. The van der Waals surface area contributed by atoms with Gasteiger partial charge in [0, 0.05) is 32.3 Å². The van der Waals surface area contributed by atoms with Gasteiger partial charge in [0.1, 0.15) is 0 Å². The number of aryl methyl sites for hydroxylation is 1. The molecule has 3 N–H and O–H groups in total. The highest BCUT2D eigenvalue weighted by atomic mass is 16.4. The second-order valence-electron chi connectivity index (χ2n) is 4.33. The summed E-state index contributed by atoms with van der Waals surface area (Å²) in [6.07, 6.45) is 3.00. The van der Waals surface area contributed by atoms with Crippen LogP contribution in [-0.4, -0.2) is 39.5 Å². The SMILES string of the molecule is CCC(CC(=O)O)NC(=O)NCCc1ccn(C)n1. The van der Waals surface area contributed by atoms with Crippen LogP contribution >= 0.6 is 0 Å². The third-order valence-corrected chi connectivity index (χ3v) is 2.68. The van der Waals surface area contributed by atoms with Crippen molar-refractivity contribution in [2.45, 2.75) is 32.2 Å². The maximum Gasteiger partial charge on any atom is 0.315 e. The normalized spacial score (nSPS) is 11.9. The molecule has 7 heteroatoms. The number of carboxylic acid groups (broad SMARTS) is 1. The predicted octanol–water partition coefficient (Wildman–Crippen LogP) is 0.515. The van der Waals surface area contributed by atoms with Gasteiger partial charge in [0.15, 0.2) is 0 Å². The zero-order chi connectivity index (χ0) is 14.3. The summed E-state index contributed by atoms with van der Waals surface area (Å²) < 4.78 is 1.70. The highest BCUT2D eigenvalue weighted by Gasteiger charge is 2.13. The summed E-state index contributed by atoms with van der Waals surface area (Å²) in [5.41, 5.74) is 0.903.